The molecule has 1 rings (SSSR count). The number of rotatable bonds is 9. The maximum atomic E-state index is 5.84. The minimum absolute atomic E-state index is 0.388. The molecule has 0 heterocycles. The number of hydrogen-bond acceptors (Lipinski definition) is 4. The van der Waals surface area contributed by atoms with Crippen LogP contribution in [0.4, 0.5) is 5.69 Å². The number of unbranched alkanes of at least 4 members (excludes halogenated alkanes) is 1. The number of methoxy groups -OCH3 is 2. The van der Waals surface area contributed by atoms with E-state index in [1.807, 2.05) is 25.1 Å². The van der Waals surface area contributed by atoms with Gasteiger partial charge >= 0.3 is 0 Å². The molecular weight excluding hydrogens is 270 g/mol. The first-order chi connectivity index (χ1) is 10.2. The van der Waals surface area contributed by atoms with E-state index in [-0.39, 0.29) is 0 Å². The van der Waals surface area contributed by atoms with Gasteiger partial charge in [0, 0.05) is 31.5 Å². The molecule has 1 aromatic rings. The van der Waals surface area contributed by atoms with Crippen molar-refractivity contribution in [2.75, 3.05) is 39.3 Å². The average molecular weight is 295 g/mol. The molecule has 6 heteroatoms. The van der Waals surface area contributed by atoms with Crippen molar-refractivity contribution in [3.05, 3.63) is 18.2 Å². The largest absolute Gasteiger partial charge is 0.493 e. The zero-order valence-electron chi connectivity index (χ0n) is 13.0. The lowest BCUT2D eigenvalue weighted by Crippen LogP contribution is -2.22. The maximum absolute atomic E-state index is 5.84. The summed E-state index contributed by atoms with van der Waals surface area (Å²) < 4.78 is 15.7. The van der Waals surface area contributed by atoms with E-state index < -0.39 is 0 Å². The van der Waals surface area contributed by atoms with Crippen LogP contribution < -0.4 is 20.5 Å². The second-order valence-electron chi connectivity index (χ2n) is 4.37. The Balaban J connectivity index is 2.44. The lowest BCUT2D eigenvalue weighted by atomic mass is 10.3. The highest BCUT2D eigenvalue weighted by atomic mass is 16.5. The Morgan fingerprint density at radius 2 is 1.95 bits per heavy atom. The number of benzene rings is 1. The number of nitrogens with one attached hydrogen (secondary N) is 1. The van der Waals surface area contributed by atoms with Crippen molar-refractivity contribution in [1.29, 1.82) is 0 Å². The molecule has 0 aliphatic rings. The minimum atomic E-state index is 0.388. The molecule has 0 spiro atoms. The summed E-state index contributed by atoms with van der Waals surface area (Å²) in [5.41, 5.74) is 6.65. The summed E-state index contributed by atoms with van der Waals surface area (Å²) in [6.45, 7) is 4.20. The van der Waals surface area contributed by atoms with Crippen molar-refractivity contribution in [2.24, 2.45) is 10.7 Å². The van der Waals surface area contributed by atoms with E-state index in [1.165, 1.54) is 0 Å². The minimum Gasteiger partial charge on any atom is -0.493 e. The third kappa shape index (κ3) is 6.35. The SMILES string of the molecule is CCOCCCCN=C(N)Nc1ccc(OC)c(OC)c1. The molecule has 0 fully saturated rings. The average Bonchev–Trinajstić information content (AvgIpc) is 2.50. The molecule has 3 N–H and O–H groups in total. The van der Waals surface area contributed by atoms with Gasteiger partial charge in [-0.05, 0) is 31.9 Å². The number of nitrogens with two attached hydrogens (primary N) is 1. The van der Waals surface area contributed by atoms with Gasteiger partial charge in [-0.2, -0.15) is 0 Å². The zero-order valence-corrected chi connectivity index (χ0v) is 13.0. The van der Waals surface area contributed by atoms with E-state index in [2.05, 4.69) is 10.3 Å². The molecule has 0 unspecified atom stereocenters. The van der Waals surface area contributed by atoms with Gasteiger partial charge in [-0.25, -0.2) is 0 Å². The van der Waals surface area contributed by atoms with Gasteiger partial charge in [-0.3, -0.25) is 4.99 Å². The van der Waals surface area contributed by atoms with Gasteiger partial charge in [-0.15, -0.1) is 0 Å². The molecule has 118 valence electrons. The van der Waals surface area contributed by atoms with Crippen LogP contribution >= 0.6 is 0 Å². The van der Waals surface area contributed by atoms with E-state index in [0.717, 1.165) is 31.7 Å². The summed E-state index contributed by atoms with van der Waals surface area (Å²) >= 11 is 0. The van der Waals surface area contributed by atoms with Crippen molar-refractivity contribution >= 4 is 11.6 Å². The molecule has 0 atom stereocenters. The smallest absolute Gasteiger partial charge is 0.193 e. The Bertz CT molecular complexity index is 450. The molecule has 0 saturated heterocycles. The second-order valence-corrected chi connectivity index (χ2v) is 4.37. The number of guanidine groups is 1. The molecule has 0 saturated carbocycles. The first-order valence-electron chi connectivity index (χ1n) is 7.08. The summed E-state index contributed by atoms with van der Waals surface area (Å²) in [4.78, 5) is 4.27. The van der Waals surface area contributed by atoms with Crippen molar-refractivity contribution < 1.29 is 14.2 Å². The summed E-state index contributed by atoms with van der Waals surface area (Å²) in [7, 11) is 3.19. The lowest BCUT2D eigenvalue weighted by Gasteiger charge is -2.10. The normalized spacial score (nSPS) is 11.3. The predicted molar refractivity (Wildman–Crippen MR) is 85.4 cm³/mol. The van der Waals surface area contributed by atoms with Crippen molar-refractivity contribution in [3.8, 4) is 11.5 Å². The van der Waals surface area contributed by atoms with Crippen LogP contribution in [-0.2, 0) is 4.74 Å². The number of hydrogen-bond donors (Lipinski definition) is 2. The Hall–Kier alpha value is -1.95. The number of anilines is 1. The van der Waals surface area contributed by atoms with Gasteiger partial charge in [0.15, 0.2) is 17.5 Å². The van der Waals surface area contributed by atoms with Crippen molar-refractivity contribution in [2.45, 2.75) is 19.8 Å². The van der Waals surface area contributed by atoms with Crippen LogP contribution in [0.3, 0.4) is 0 Å². The first kappa shape index (κ1) is 17.1. The fraction of sp³-hybridized carbons (Fsp3) is 0.533. The van der Waals surface area contributed by atoms with E-state index in [9.17, 15) is 0 Å². The molecule has 21 heavy (non-hydrogen) atoms. The lowest BCUT2D eigenvalue weighted by molar-refractivity contribution is 0.144. The highest BCUT2D eigenvalue weighted by Crippen LogP contribution is 2.29. The van der Waals surface area contributed by atoms with Crippen LogP contribution in [0.25, 0.3) is 0 Å². The molecule has 0 aromatic heterocycles. The number of nitrogens with zero attached hydrogens (tertiary/aromatic N) is 1. The molecule has 0 amide bonds. The summed E-state index contributed by atoms with van der Waals surface area (Å²) in [6, 6.07) is 5.49. The second kappa shape index (κ2) is 9.88. The highest BCUT2D eigenvalue weighted by Gasteiger charge is 2.04. The third-order valence-electron chi connectivity index (χ3n) is 2.84. The first-order valence-corrected chi connectivity index (χ1v) is 7.08. The predicted octanol–water partition coefficient (Wildman–Crippen LogP) is 2.25. The van der Waals surface area contributed by atoms with Crippen LogP contribution in [0.5, 0.6) is 11.5 Å². The Labute approximate surface area is 126 Å². The molecule has 0 aliphatic heterocycles. The third-order valence-corrected chi connectivity index (χ3v) is 2.84. The number of ether oxygens (including phenoxy) is 3. The zero-order chi connectivity index (χ0) is 15.5. The van der Waals surface area contributed by atoms with Gasteiger partial charge < -0.3 is 25.3 Å². The Kier molecular flexibility index (Phi) is 8.04. The highest BCUT2D eigenvalue weighted by molar-refractivity contribution is 5.92. The fourth-order valence-electron chi connectivity index (χ4n) is 1.76. The van der Waals surface area contributed by atoms with Gasteiger partial charge in [0.05, 0.1) is 14.2 Å². The van der Waals surface area contributed by atoms with Gasteiger partial charge in [0.25, 0.3) is 0 Å². The Morgan fingerprint density at radius 1 is 1.19 bits per heavy atom. The molecular formula is C15H25N3O3. The van der Waals surface area contributed by atoms with E-state index in [1.54, 1.807) is 14.2 Å². The molecule has 0 aliphatic carbocycles. The monoisotopic (exact) mass is 295 g/mol. The van der Waals surface area contributed by atoms with Gasteiger partial charge in [-0.1, -0.05) is 0 Å². The molecule has 0 bridgehead atoms. The summed E-state index contributed by atoms with van der Waals surface area (Å²) in [6.07, 6.45) is 1.94. The van der Waals surface area contributed by atoms with Crippen LogP contribution in [0, 0.1) is 0 Å². The molecule has 6 nitrogen and oxygen atoms in total. The van der Waals surface area contributed by atoms with Crippen LogP contribution in [-0.4, -0.2) is 39.9 Å². The standard InChI is InChI=1S/C15H25N3O3/c1-4-21-10-6-5-9-17-15(16)18-12-7-8-13(19-2)14(11-12)20-3/h7-8,11H,4-6,9-10H2,1-3H3,(H3,16,17,18). The maximum Gasteiger partial charge on any atom is 0.193 e. The van der Waals surface area contributed by atoms with E-state index in [0.29, 0.717) is 24.0 Å². The quantitative estimate of drug-likeness (QED) is 0.415. The van der Waals surface area contributed by atoms with Crippen LogP contribution in [0.1, 0.15) is 19.8 Å². The Morgan fingerprint density at radius 3 is 2.62 bits per heavy atom. The van der Waals surface area contributed by atoms with E-state index in [4.69, 9.17) is 19.9 Å². The van der Waals surface area contributed by atoms with Gasteiger partial charge in [0.1, 0.15) is 0 Å². The van der Waals surface area contributed by atoms with Crippen molar-refractivity contribution in [1.82, 2.24) is 0 Å². The van der Waals surface area contributed by atoms with E-state index >= 15 is 0 Å². The van der Waals surface area contributed by atoms with Crippen LogP contribution in [0.2, 0.25) is 0 Å². The fourth-order valence-corrected chi connectivity index (χ4v) is 1.76. The topological polar surface area (TPSA) is 78.1 Å². The number of aliphatic imine (C=N–C) groups is 1. The van der Waals surface area contributed by atoms with Gasteiger partial charge in [0.2, 0.25) is 0 Å². The molecule has 0 radical (unpaired) electrons. The molecule has 1 aromatic carbocycles. The summed E-state index contributed by atoms with van der Waals surface area (Å²) in [5, 5.41) is 3.03. The van der Waals surface area contributed by atoms with Crippen molar-refractivity contribution in [3.63, 3.8) is 0 Å². The van der Waals surface area contributed by atoms with Crippen LogP contribution in [0.15, 0.2) is 23.2 Å². The summed E-state index contributed by atoms with van der Waals surface area (Å²) in [5.74, 6) is 1.71.